The molecule has 0 aliphatic rings. The maximum atomic E-state index is 10.6. The summed E-state index contributed by atoms with van der Waals surface area (Å²) in [5.41, 5.74) is 1.32. The lowest BCUT2D eigenvalue weighted by Crippen LogP contribution is -1.99. The quantitative estimate of drug-likeness (QED) is 0.802. The lowest BCUT2D eigenvalue weighted by molar-refractivity contribution is 0.111. The van der Waals surface area contributed by atoms with Gasteiger partial charge in [0.05, 0.1) is 10.0 Å². The van der Waals surface area contributed by atoms with Gasteiger partial charge in [0.2, 0.25) is 0 Å². The van der Waals surface area contributed by atoms with E-state index < -0.39 is 0 Å². The molecule has 0 bridgehead atoms. The Kier molecular flexibility index (Phi) is 3.71. The number of rotatable bonds is 3. The smallest absolute Gasteiger partial charge is 0.168 e. The number of halogens is 2. The van der Waals surface area contributed by atoms with Crippen LogP contribution < -0.4 is 0 Å². The largest absolute Gasteiger partial charge is 0.296 e. The predicted octanol–water partition coefficient (Wildman–Crippen LogP) is 3.19. The highest BCUT2D eigenvalue weighted by atomic mass is 35.5. The summed E-state index contributed by atoms with van der Waals surface area (Å²) in [6.07, 6.45) is 2.77. The Morgan fingerprint density at radius 2 is 2.00 bits per heavy atom. The van der Waals surface area contributed by atoms with Gasteiger partial charge in [-0.3, -0.25) is 4.79 Å². The lowest BCUT2D eigenvalue weighted by atomic mass is 10.1. The Morgan fingerprint density at radius 3 is 2.71 bits per heavy atom. The minimum absolute atomic E-state index is 0.370. The number of nitrogens with zero attached hydrogens (tertiary/aromatic N) is 2. The zero-order chi connectivity index (χ0) is 12.3. The van der Waals surface area contributed by atoms with Gasteiger partial charge in [-0.25, -0.2) is 9.97 Å². The van der Waals surface area contributed by atoms with Crippen molar-refractivity contribution in [2.24, 2.45) is 0 Å². The molecule has 86 valence electrons. The van der Waals surface area contributed by atoms with Crippen molar-refractivity contribution in [1.82, 2.24) is 9.97 Å². The van der Waals surface area contributed by atoms with Gasteiger partial charge in [-0.15, -0.1) is 0 Å². The van der Waals surface area contributed by atoms with Crippen LogP contribution in [-0.4, -0.2) is 16.3 Å². The number of hydrogen-bond acceptors (Lipinski definition) is 3. The van der Waals surface area contributed by atoms with Gasteiger partial charge >= 0.3 is 0 Å². The van der Waals surface area contributed by atoms with E-state index in [1.54, 1.807) is 24.4 Å². The van der Waals surface area contributed by atoms with Crippen molar-refractivity contribution in [3.8, 4) is 0 Å². The molecule has 2 rings (SSSR count). The van der Waals surface area contributed by atoms with Crippen molar-refractivity contribution in [3.63, 3.8) is 0 Å². The van der Waals surface area contributed by atoms with E-state index in [-0.39, 0.29) is 0 Å². The Bertz CT molecular complexity index is 558. The molecule has 0 saturated heterocycles. The third-order valence-corrected chi connectivity index (χ3v) is 2.93. The first-order valence-electron chi connectivity index (χ1n) is 4.90. The summed E-state index contributed by atoms with van der Waals surface area (Å²) in [6.45, 7) is 0. The van der Waals surface area contributed by atoms with Crippen LogP contribution in [-0.2, 0) is 6.42 Å². The van der Waals surface area contributed by atoms with Crippen LogP contribution >= 0.6 is 23.2 Å². The second-order valence-electron chi connectivity index (χ2n) is 3.44. The molecule has 0 spiro atoms. The molecule has 3 nitrogen and oxygen atoms in total. The van der Waals surface area contributed by atoms with E-state index in [9.17, 15) is 4.79 Å². The molecule has 5 heteroatoms. The first kappa shape index (κ1) is 12.0. The van der Waals surface area contributed by atoms with Crippen molar-refractivity contribution in [2.45, 2.75) is 6.42 Å². The fourth-order valence-electron chi connectivity index (χ4n) is 1.40. The summed E-state index contributed by atoms with van der Waals surface area (Å²) in [4.78, 5) is 18.8. The molecule has 0 radical (unpaired) electrons. The average Bonchev–Trinajstić information content (AvgIpc) is 2.34. The normalized spacial score (nSPS) is 10.2. The Labute approximate surface area is 108 Å². The summed E-state index contributed by atoms with van der Waals surface area (Å²) >= 11 is 11.7. The second-order valence-corrected chi connectivity index (χ2v) is 4.26. The molecule has 0 fully saturated rings. The van der Waals surface area contributed by atoms with E-state index in [2.05, 4.69) is 9.97 Å². The molecule has 0 unspecified atom stereocenters. The summed E-state index contributed by atoms with van der Waals surface area (Å²) in [6, 6.07) is 6.90. The van der Waals surface area contributed by atoms with E-state index >= 15 is 0 Å². The van der Waals surface area contributed by atoms with Crippen LogP contribution in [0.5, 0.6) is 0 Å². The Hall–Kier alpha value is -1.45. The molecule has 0 amide bonds. The average molecular weight is 267 g/mol. The standard InChI is InChI=1S/C12H8Cl2N2O/c13-10-2-1-8(5-11(10)14)6-12-15-4-3-9(7-17)16-12/h1-5,7H,6H2. The third-order valence-electron chi connectivity index (χ3n) is 2.19. The number of hydrogen-bond donors (Lipinski definition) is 0. The van der Waals surface area contributed by atoms with Crippen molar-refractivity contribution >= 4 is 29.5 Å². The maximum Gasteiger partial charge on any atom is 0.168 e. The molecule has 0 aliphatic heterocycles. The molecule has 1 heterocycles. The number of carbonyl (C=O) groups excluding carboxylic acids is 1. The summed E-state index contributed by atoms with van der Waals surface area (Å²) < 4.78 is 0. The van der Waals surface area contributed by atoms with E-state index in [0.717, 1.165) is 5.56 Å². The highest BCUT2D eigenvalue weighted by Gasteiger charge is 2.03. The minimum atomic E-state index is 0.370. The lowest BCUT2D eigenvalue weighted by Gasteiger charge is -2.02. The van der Waals surface area contributed by atoms with E-state index in [0.29, 0.717) is 34.3 Å². The first-order valence-corrected chi connectivity index (χ1v) is 5.65. The summed E-state index contributed by atoms with van der Waals surface area (Å²) in [5, 5.41) is 1.01. The Morgan fingerprint density at radius 1 is 1.18 bits per heavy atom. The summed E-state index contributed by atoms with van der Waals surface area (Å²) in [5.74, 6) is 0.577. The van der Waals surface area contributed by atoms with Crippen LogP contribution in [0.15, 0.2) is 30.5 Å². The van der Waals surface area contributed by atoms with Gasteiger partial charge in [0.1, 0.15) is 11.5 Å². The minimum Gasteiger partial charge on any atom is -0.296 e. The third kappa shape index (κ3) is 3.02. The fraction of sp³-hybridized carbons (Fsp3) is 0.0833. The Balaban J connectivity index is 2.24. The first-order chi connectivity index (χ1) is 8.19. The SMILES string of the molecule is O=Cc1ccnc(Cc2ccc(Cl)c(Cl)c2)n1. The topological polar surface area (TPSA) is 42.9 Å². The van der Waals surface area contributed by atoms with Crippen molar-refractivity contribution in [3.05, 3.63) is 57.6 Å². The van der Waals surface area contributed by atoms with Crippen LogP contribution in [0.1, 0.15) is 21.9 Å². The molecule has 0 atom stereocenters. The van der Waals surface area contributed by atoms with Gasteiger partial charge in [-0.1, -0.05) is 29.3 Å². The monoisotopic (exact) mass is 266 g/mol. The molecule has 0 saturated carbocycles. The van der Waals surface area contributed by atoms with E-state index in [1.165, 1.54) is 0 Å². The molecule has 1 aromatic carbocycles. The van der Waals surface area contributed by atoms with Gasteiger partial charge in [-0.2, -0.15) is 0 Å². The molecule has 17 heavy (non-hydrogen) atoms. The van der Waals surface area contributed by atoms with Gasteiger partial charge in [0, 0.05) is 12.6 Å². The number of aromatic nitrogens is 2. The molecular weight excluding hydrogens is 259 g/mol. The van der Waals surface area contributed by atoms with Crippen molar-refractivity contribution < 1.29 is 4.79 Å². The molecule has 2 aromatic rings. The van der Waals surface area contributed by atoms with Crippen LogP contribution in [0.25, 0.3) is 0 Å². The van der Waals surface area contributed by atoms with Crippen molar-refractivity contribution in [2.75, 3.05) is 0 Å². The fourth-order valence-corrected chi connectivity index (χ4v) is 1.72. The van der Waals surface area contributed by atoms with Gasteiger partial charge in [-0.05, 0) is 23.8 Å². The van der Waals surface area contributed by atoms with Crippen LogP contribution in [0.3, 0.4) is 0 Å². The van der Waals surface area contributed by atoms with Crippen LogP contribution in [0.4, 0.5) is 0 Å². The highest BCUT2D eigenvalue weighted by Crippen LogP contribution is 2.23. The van der Waals surface area contributed by atoms with Crippen LogP contribution in [0, 0.1) is 0 Å². The predicted molar refractivity (Wildman–Crippen MR) is 66.7 cm³/mol. The summed E-state index contributed by atoms with van der Waals surface area (Å²) in [7, 11) is 0. The van der Waals surface area contributed by atoms with E-state index in [1.807, 2.05) is 6.07 Å². The van der Waals surface area contributed by atoms with Crippen molar-refractivity contribution in [1.29, 1.82) is 0 Å². The van der Waals surface area contributed by atoms with Gasteiger partial charge < -0.3 is 0 Å². The van der Waals surface area contributed by atoms with Crippen LogP contribution in [0.2, 0.25) is 10.0 Å². The number of benzene rings is 1. The zero-order valence-corrected chi connectivity index (χ0v) is 10.2. The molecule has 0 N–H and O–H groups in total. The van der Waals surface area contributed by atoms with Gasteiger partial charge in [0.25, 0.3) is 0 Å². The second kappa shape index (κ2) is 5.25. The highest BCUT2D eigenvalue weighted by molar-refractivity contribution is 6.42. The molecule has 0 aliphatic carbocycles. The van der Waals surface area contributed by atoms with E-state index in [4.69, 9.17) is 23.2 Å². The number of carbonyl (C=O) groups is 1. The number of aldehydes is 1. The zero-order valence-electron chi connectivity index (χ0n) is 8.73. The molecule has 1 aromatic heterocycles. The molecular formula is C12H8Cl2N2O. The maximum absolute atomic E-state index is 10.6. The van der Waals surface area contributed by atoms with Gasteiger partial charge in [0.15, 0.2) is 6.29 Å².